The number of nitrogens with zero attached hydrogens (tertiary/aromatic N) is 1. The van der Waals surface area contributed by atoms with Gasteiger partial charge in [-0.1, -0.05) is 54.6 Å². The number of likely N-dealkylation sites (N-methyl/N-ethyl adjacent to an activating group) is 1. The molecule has 0 amide bonds. The van der Waals surface area contributed by atoms with Crippen LogP contribution in [-0.2, 0) is 40.5 Å². The largest absolute Gasteiger partial charge is 0.493 e. The van der Waals surface area contributed by atoms with E-state index in [0.29, 0.717) is 35.7 Å². The van der Waals surface area contributed by atoms with Crippen LogP contribution in [0.5, 0.6) is 17.2 Å². The van der Waals surface area contributed by atoms with Gasteiger partial charge in [0.05, 0.1) is 24.5 Å². The fourth-order valence-corrected chi connectivity index (χ4v) is 7.73. The highest BCUT2D eigenvalue weighted by molar-refractivity contribution is 5.83. The first-order valence-corrected chi connectivity index (χ1v) is 16.5. The van der Waals surface area contributed by atoms with Crippen LogP contribution in [0.25, 0.3) is 0 Å². The lowest BCUT2D eigenvalue weighted by Gasteiger charge is -2.61. The zero-order valence-corrected chi connectivity index (χ0v) is 28.3. The number of carboxylic acids is 1. The standard InChI is InChI=1S/C28H29NO8.C10H10O4/c1-29-13-12-27-23-16-8-9-19(34-2)24(23)37-25(27)20(10-11-28(27,33)21(29)14-16)36-26(32)18(30)15-22(31)35-17-6-4-3-5-7-17;1-7(11)14-9(10(12)13)8-5-3-2-4-6-8/h3-10,18,21,25,30,33H,11-15H2,1-2H3;2-6,9H,1H3,(H,12,13)/t18?,21-,25+,27+,28-;9-/m10/s1. The summed E-state index contributed by atoms with van der Waals surface area (Å²) in [5.74, 6) is -1.88. The Balaban J connectivity index is 0.000000270. The molecule has 13 nitrogen and oxygen atoms in total. The van der Waals surface area contributed by atoms with E-state index in [2.05, 4.69) is 9.64 Å². The van der Waals surface area contributed by atoms with Crippen molar-refractivity contribution in [2.24, 2.45) is 0 Å². The van der Waals surface area contributed by atoms with E-state index >= 15 is 0 Å². The first-order chi connectivity index (χ1) is 24.4. The topological polar surface area (TPSA) is 178 Å². The van der Waals surface area contributed by atoms with Gasteiger partial charge in [0, 0.05) is 30.5 Å². The van der Waals surface area contributed by atoms with Crippen molar-refractivity contribution in [1.29, 1.82) is 0 Å². The van der Waals surface area contributed by atoms with Gasteiger partial charge in [-0.15, -0.1) is 0 Å². The van der Waals surface area contributed by atoms with Gasteiger partial charge in [0.25, 0.3) is 0 Å². The third kappa shape index (κ3) is 6.44. The smallest absolute Gasteiger partial charge is 0.349 e. The fraction of sp³-hybridized carbons (Fsp3) is 0.368. The predicted octanol–water partition coefficient (Wildman–Crippen LogP) is 3.25. The molecule has 13 heteroatoms. The van der Waals surface area contributed by atoms with Crippen LogP contribution in [0.2, 0.25) is 0 Å². The zero-order valence-electron chi connectivity index (χ0n) is 28.3. The third-order valence-corrected chi connectivity index (χ3v) is 9.99. The number of aliphatic hydroxyl groups is 2. The number of benzene rings is 3. The van der Waals surface area contributed by atoms with Crippen LogP contribution in [0.4, 0.5) is 0 Å². The van der Waals surface area contributed by atoms with Gasteiger partial charge >= 0.3 is 23.9 Å². The van der Waals surface area contributed by atoms with Crippen LogP contribution in [-0.4, -0.2) is 88.6 Å². The lowest BCUT2D eigenvalue weighted by Crippen LogP contribution is -2.74. The number of carbonyl (C=O) groups is 4. The molecule has 0 radical (unpaired) electrons. The summed E-state index contributed by atoms with van der Waals surface area (Å²) in [6, 6.07) is 20.5. The lowest BCUT2D eigenvalue weighted by atomic mass is 9.50. The van der Waals surface area contributed by atoms with Gasteiger partial charge in [0.2, 0.25) is 6.10 Å². The second-order valence-electron chi connectivity index (χ2n) is 13.0. The second kappa shape index (κ2) is 14.2. The summed E-state index contributed by atoms with van der Waals surface area (Å²) < 4.78 is 27.5. The summed E-state index contributed by atoms with van der Waals surface area (Å²) in [7, 11) is 3.58. The molecular weight excluding hydrogens is 662 g/mol. The Hall–Kier alpha value is -5.24. The maximum Gasteiger partial charge on any atom is 0.349 e. The van der Waals surface area contributed by atoms with Gasteiger partial charge in [0.1, 0.15) is 11.5 Å². The van der Waals surface area contributed by atoms with Gasteiger partial charge in [0.15, 0.2) is 23.7 Å². The normalized spacial score (nSPS) is 24.9. The van der Waals surface area contributed by atoms with E-state index in [0.717, 1.165) is 17.7 Å². The summed E-state index contributed by atoms with van der Waals surface area (Å²) in [5, 5.41) is 31.4. The van der Waals surface area contributed by atoms with Gasteiger partial charge in [-0.3, -0.25) is 9.59 Å². The number of hydrogen-bond donors (Lipinski definition) is 3. The maximum absolute atomic E-state index is 12.9. The highest BCUT2D eigenvalue weighted by atomic mass is 16.6. The molecule has 0 saturated carbocycles. The number of aliphatic carboxylic acids is 1. The number of hydrogen-bond acceptors (Lipinski definition) is 12. The summed E-state index contributed by atoms with van der Waals surface area (Å²) in [4.78, 5) is 48.7. The second-order valence-corrected chi connectivity index (χ2v) is 13.0. The van der Waals surface area contributed by atoms with Crippen LogP contribution in [0.1, 0.15) is 49.0 Å². The molecule has 1 spiro atoms. The summed E-state index contributed by atoms with van der Waals surface area (Å²) in [6.45, 7) is 1.91. The van der Waals surface area contributed by atoms with E-state index in [4.69, 9.17) is 24.1 Å². The summed E-state index contributed by atoms with van der Waals surface area (Å²) in [5.41, 5.74) is 0.482. The molecule has 7 rings (SSSR count). The Morgan fingerprint density at radius 3 is 2.33 bits per heavy atom. The number of likely N-dealkylation sites (tertiary alicyclic amines) is 1. The van der Waals surface area contributed by atoms with Crippen molar-refractivity contribution >= 4 is 23.9 Å². The quantitative estimate of drug-likeness (QED) is 0.219. The minimum atomic E-state index is -1.72. The van der Waals surface area contributed by atoms with Gasteiger partial charge in [-0.05, 0) is 56.3 Å². The number of esters is 3. The Bertz CT molecular complexity index is 1850. The SMILES string of the molecule is CC(=O)O[C@H](C(=O)O)c1ccccc1.COc1ccc2c3c1O[C@H]1C(OC(=O)C(O)CC(=O)Oc4ccccc4)=CC[C@@]4(O)[C@@H](C2)N(C)CC[C@]314. The van der Waals surface area contributed by atoms with Gasteiger partial charge in [-0.2, -0.15) is 0 Å². The van der Waals surface area contributed by atoms with Gasteiger partial charge < -0.3 is 43.9 Å². The molecule has 4 aliphatic rings. The van der Waals surface area contributed by atoms with E-state index in [1.165, 1.54) is 6.92 Å². The lowest BCUT2D eigenvalue weighted by molar-refractivity contribution is -0.172. The molecular formula is C38H39NO12. The monoisotopic (exact) mass is 701 g/mol. The number of piperidine rings is 1. The van der Waals surface area contributed by atoms with Crippen molar-refractivity contribution in [1.82, 2.24) is 4.90 Å². The third-order valence-electron chi connectivity index (χ3n) is 9.99. The maximum atomic E-state index is 12.9. The van der Waals surface area contributed by atoms with Crippen molar-refractivity contribution in [3.8, 4) is 17.2 Å². The molecule has 3 N–H and O–H groups in total. The van der Waals surface area contributed by atoms with E-state index in [-0.39, 0.29) is 18.2 Å². The Labute approximate surface area is 293 Å². The highest BCUT2D eigenvalue weighted by Crippen LogP contribution is 2.65. The number of para-hydroxylation sites is 1. The molecule has 6 atom stereocenters. The Kier molecular flexibility index (Phi) is 9.89. The number of carbonyl (C=O) groups excluding carboxylic acids is 3. The van der Waals surface area contributed by atoms with E-state index in [1.54, 1.807) is 73.8 Å². The molecule has 3 aromatic rings. The number of methoxy groups -OCH3 is 1. The van der Waals surface area contributed by atoms with Crippen LogP contribution >= 0.6 is 0 Å². The molecule has 268 valence electrons. The first kappa shape index (κ1) is 35.6. The minimum Gasteiger partial charge on any atom is -0.493 e. The molecule has 2 aliphatic heterocycles. The Morgan fingerprint density at radius 1 is 1.00 bits per heavy atom. The predicted molar refractivity (Wildman–Crippen MR) is 179 cm³/mol. The average Bonchev–Trinajstić information content (AvgIpc) is 3.47. The van der Waals surface area contributed by atoms with Crippen LogP contribution in [0.3, 0.4) is 0 Å². The number of carboxylic acid groups (broad SMARTS) is 1. The molecule has 2 heterocycles. The highest BCUT2D eigenvalue weighted by Gasteiger charge is 2.72. The zero-order chi connectivity index (χ0) is 36.5. The van der Waals surface area contributed by atoms with E-state index < -0.39 is 59.6 Å². The van der Waals surface area contributed by atoms with E-state index in [1.807, 2.05) is 19.2 Å². The van der Waals surface area contributed by atoms with Crippen LogP contribution in [0, 0.1) is 0 Å². The first-order valence-electron chi connectivity index (χ1n) is 16.5. The van der Waals surface area contributed by atoms with E-state index in [9.17, 15) is 29.4 Å². The number of rotatable bonds is 9. The average molecular weight is 702 g/mol. The minimum absolute atomic E-state index is 0.133. The van der Waals surface area contributed by atoms with Crippen molar-refractivity contribution in [2.45, 2.75) is 68.0 Å². The van der Waals surface area contributed by atoms with Gasteiger partial charge in [-0.25, -0.2) is 9.59 Å². The molecule has 1 fully saturated rings. The number of aliphatic hydroxyl groups excluding tert-OH is 1. The van der Waals surface area contributed by atoms with Crippen LogP contribution < -0.4 is 14.2 Å². The molecule has 1 unspecified atom stereocenters. The molecule has 1 saturated heterocycles. The van der Waals surface area contributed by atoms with Crippen molar-refractivity contribution in [3.05, 3.63) is 101 Å². The summed E-state index contributed by atoms with van der Waals surface area (Å²) >= 11 is 0. The fourth-order valence-electron chi connectivity index (χ4n) is 7.73. The van der Waals surface area contributed by atoms with Crippen molar-refractivity contribution in [3.63, 3.8) is 0 Å². The summed E-state index contributed by atoms with van der Waals surface area (Å²) in [6.07, 6.45) is -1.09. The van der Waals surface area contributed by atoms with Crippen molar-refractivity contribution < 1.29 is 58.2 Å². The Morgan fingerprint density at radius 2 is 1.69 bits per heavy atom. The molecule has 2 bridgehead atoms. The molecule has 3 aromatic carbocycles. The number of ether oxygens (including phenoxy) is 5. The molecule has 2 aliphatic carbocycles. The molecule has 51 heavy (non-hydrogen) atoms. The van der Waals surface area contributed by atoms with Crippen molar-refractivity contribution in [2.75, 3.05) is 20.7 Å². The molecule has 0 aromatic heterocycles. The van der Waals surface area contributed by atoms with Crippen LogP contribution in [0.15, 0.2) is 84.6 Å².